The molecule has 0 radical (unpaired) electrons. The van der Waals surface area contributed by atoms with E-state index in [1.54, 1.807) is 0 Å². The Morgan fingerprint density at radius 1 is 1.35 bits per heavy atom. The molecule has 0 saturated carbocycles. The first-order chi connectivity index (χ1) is 9.29. The zero-order valence-electron chi connectivity index (χ0n) is 11.5. The number of benzene rings is 1. The number of nitrogens with one attached hydrogen (secondary N) is 1. The molecule has 20 heavy (non-hydrogen) atoms. The van der Waals surface area contributed by atoms with E-state index >= 15 is 0 Å². The van der Waals surface area contributed by atoms with E-state index in [-0.39, 0.29) is 24.0 Å². The van der Waals surface area contributed by atoms with E-state index in [1.807, 2.05) is 47.4 Å². The van der Waals surface area contributed by atoms with Crippen molar-refractivity contribution in [2.45, 2.75) is 19.9 Å². The smallest absolute Gasteiger partial charge is 0.188 e. The van der Waals surface area contributed by atoms with Gasteiger partial charge < -0.3 is 11.1 Å². The van der Waals surface area contributed by atoms with Crippen LogP contribution in [0.4, 0.5) is 0 Å². The third-order valence-corrected chi connectivity index (χ3v) is 2.64. The van der Waals surface area contributed by atoms with Gasteiger partial charge in [0.25, 0.3) is 0 Å². The van der Waals surface area contributed by atoms with Gasteiger partial charge >= 0.3 is 0 Å². The highest BCUT2D eigenvalue weighted by molar-refractivity contribution is 14.0. The zero-order chi connectivity index (χ0) is 13.5. The second-order valence-corrected chi connectivity index (χ2v) is 4.26. The number of rotatable bonds is 5. The number of aromatic nitrogens is 2. The summed E-state index contributed by atoms with van der Waals surface area (Å²) in [4.78, 5) is 4.27. The fourth-order valence-corrected chi connectivity index (χ4v) is 1.65. The van der Waals surface area contributed by atoms with Crippen LogP contribution < -0.4 is 11.1 Å². The number of nitrogens with zero attached hydrogens (tertiary/aromatic N) is 3. The number of halogens is 1. The summed E-state index contributed by atoms with van der Waals surface area (Å²) in [7, 11) is 0. The maximum atomic E-state index is 5.74. The number of guanidine groups is 1. The molecule has 2 rings (SSSR count). The van der Waals surface area contributed by atoms with Gasteiger partial charge in [-0.1, -0.05) is 25.1 Å². The average molecular weight is 385 g/mol. The SMILES string of the molecule is CCCNC(N)=NCc1cnn(-c2ccccc2)c1.I. The number of para-hydroxylation sites is 1. The lowest BCUT2D eigenvalue weighted by Crippen LogP contribution is -2.32. The highest BCUT2D eigenvalue weighted by Crippen LogP contribution is 2.08. The molecule has 0 aliphatic carbocycles. The van der Waals surface area contributed by atoms with Crippen molar-refractivity contribution >= 4 is 29.9 Å². The summed E-state index contributed by atoms with van der Waals surface area (Å²) < 4.78 is 1.83. The van der Waals surface area contributed by atoms with Crippen molar-refractivity contribution in [3.63, 3.8) is 0 Å². The highest BCUT2D eigenvalue weighted by atomic mass is 127. The quantitative estimate of drug-likeness (QED) is 0.472. The van der Waals surface area contributed by atoms with Crippen LogP contribution in [0.1, 0.15) is 18.9 Å². The van der Waals surface area contributed by atoms with Crippen molar-refractivity contribution < 1.29 is 0 Å². The minimum atomic E-state index is 0. The van der Waals surface area contributed by atoms with Gasteiger partial charge in [-0.2, -0.15) is 5.10 Å². The normalized spacial score (nSPS) is 10.9. The molecule has 1 aromatic carbocycles. The van der Waals surface area contributed by atoms with Crippen LogP contribution in [0.15, 0.2) is 47.7 Å². The Morgan fingerprint density at radius 2 is 2.10 bits per heavy atom. The van der Waals surface area contributed by atoms with Crippen molar-refractivity contribution in [2.24, 2.45) is 10.7 Å². The number of hydrogen-bond acceptors (Lipinski definition) is 2. The van der Waals surface area contributed by atoms with E-state index in [0.29, 0.717) is 12.5 Å². The lowest BCUT2D eigenvalue weighted by molar-refractivity contribution is 0.825. The summed E-state index contributed by atoms with van der Waals surface area (Å²) in [6, 6.07) is 9.98. The average Bonchev–Trinajstić information content (AvgIpc) is 2.93. The Hall–Kier alpha value is -1.57. The summed E-state index contributed by atoms with van der Waals surface area (Å²) in [6.45, 7) is 3.47. The molecule has 0 fully saturated rings. The zero-order valence-corrected chi connectivity index (χ0v) is 13.8. The van der Waals surface area contributed by atoms with Crippen LogP contribution in [0.3, 0.4) is 0 Å². The van der Waals surface area contributed by atoms with Gasteiger partial charge in [0.1, 0.15) is 0 Å². The predicted molar refractivity (Wildman–Crippen MR) is 92.6 cm³/mol. The van der Waals surface area contributed by atoms with E-state index in [0.717, 1.165) is 24.2 Å². The van der Waals surface area contributed by atoms with Crippen LogP contribution in [0.2, 0.25) is 0 Å². The topological polar surface area (TPSA) is 68.2 Å². The van der Waals surface area contributed by atoms with Gasteiger partial charge in [-0.3, -0.25) is 0 Å². The van der Waals surface area contributed by atoms with Crippen LogP contribution in [-0.2, 0) is 6.54 Å². The van der Waals surface area contributed by atoms with Gasteiger partial charge in [-0.05, 0) is 18.6 Å². The molecule has 0 amide bonds. The standard InChI is InChI=1S/C14H19N5.HI/c1-2-8-16-14(15)17-9-12-10-18-19(11-12)13-6-4-3-5-7-13;/h3-7,10-11H,2,8-9H2,1H3,(H3,15,16,17);1H. The van der Waals surface area contributed by atoms with Gasteiger partial charge in [0.2, 0.25) is 0 Å². The highest BCUT2D eigenvalue weighted by Gasteiger charge is 2.00. The molecule has 1 aromatic heterocycles. The molecule has 2 aromatic rings. The van der Waals surface area contributed by atoms with Gasteiger partial charge in [0.15, 0.2) is 5.96 Å². The lowest BCUT2D eigenvalue weighted by atomic mass is 10.3. The van der Waals surface area contributed by atoms with Crippen molar-refractivity contribution in [3.8, 4) is 5.69 Å². The van der Waals surface area contributed by atoms with Crippen LogP contribution in [-0.4, -0.2) is 22.3 Å². The minimum Gasteiger partial charge on any atom is -0.370 e. The Bertz CT molecular complexity index is 536. The molecule has 0 spiro atoms. The molecule has 1 heterocycles. The summed E-state index contributed by atoms with van der Waals surface area (Å²) in [5.41, 5.74) is 7.81. The maximum Gasteiger partial charge on any atom is 0.188 e. The number of aliphatic imine (C=N–C) groups is 1. The van der Waals surface area contributed by atoms with Gasteiger partial charge in [0, 0.05) is 18.3 Å². The monoisotopic (exact) mass is 385 g/mol. The summed E-state index contributed by atoms with van der Waals surface area (Å²) in [5, 5.41) is 7.35. The first-order valence-corrected chi connectivity index (χ1v) is 6.42. The molecule has 0 bridgehead atoms. The Morgan fingerprint density at radius 3 is 2.80 bits per heavy atom. The summed E-state index contributed by atoms with van der Waals surface area (Å²) >= 11 is 0. The third kappa shape index (κ3) is 4.84. The van der Waals surface area contributed by atoms with E-state index < -0.39 is 0 Å². The fourth-order valence-electron chi connectivity index (χ4n) is 1.65. The second kappa shape index (κ2) is 8.57. The van der Waals surface area contributed by atoms with Crippen molar-refractivity contribution in [2.75, 3.05) is 6.54 Å². The minimum absolute atomic E-state index is 0. The summed E-state index contributed by atoms with van der Waals surface area (Å²) in [5.74, 6) is 0.481. The van der Waals surface area contributed by atoms with Gasteiger partial charge in [0.05, 0.1) is 18.4 Å². The molecule has 0 atom stereocenters. The maximum absolute atomic E-state index is 5.74. The van der Waals surface area contributed by atoms with E-state index in [2.05, 4.69) is 22.3 Å². The van der Waals surface area contributed by atoms with Gasteiger partial charge in [-0.15, -0.1) is 24.0 Å². The van der Waals surface area contributed by atoms with E-state index in [9.17, 15) is 0 Å². The van der Waals surface area contributed by atoms with Crippen LogP contribution in [0.5, 0.6) is 0 Å². The molecular formula is C14H20IN5. The lowest BCUT2D eigenvalue weighted by Gasteiger charge is -2.02. The van der Waals surface area contributed by atoms with Crippen LogP contribution in [0.25, 0.3) is 5.69 Å². The fraction of sp³-hybridized carbons (Fsp3) is 0.286. The molecule has 0 aliphatic heterocycles. The largest absolute Gasteiger partial charge is 0.370 e. The van der Waals surface area contributed by atoms with Crippen molar-refractivity contribution in [1.82, 2.24) is 15.1 Å². The van der Waals surface area contributed by atoms with Crippen molar-refractivity contribution in [3.05, 3.63) is 48.3 Å². The van der Waals surface area contributed by atoms with E-state index in [1.165, 1.54) is 0 Å². The van der Waals surface area contributed by atoms with Crippen LogP contribution in [0, 0.1) is 0 Å². The molecule has 108 valence electrons. The Balaban J connectivity index is 0.00000200. The van der Waals surface area contributed by atoms with Gasteiger partial charge in [-0.25, -0.2) is 9.67 Å². The number of hydrogen-bond donors (Lipinski definition) is 2. The first-order valence-electron chi connectivity index (χ1n) is 6.42. The van der Waals surface area contributed by atoms with E-state index in [4.69, 9.17) is 5.73 Å². The molecule has 6 heteroatoms. The summed E-state index contributed by atoms with van der Waals surface area (Å²) in [6.07, 6.45) is 4.80. The number of nitrogens with two attached hydrogens (primary N) is 1. The first kappa shape index (κ1) is 16.5. The Labute approximate surface area is 136 Å². The van der Waals surface area contributed by atoms with Crippen LogP contribution >= 0.6 is 24.0 Å². The Kier molecular flexibility index (Phi) is 7.06. The second-order valence-electron chi connectivity index (χ2n) is 4.26. The molecular weight excluding hydrogens is 365 g/mol. The predicted octanol–water partition coefficient (Wildman–Crippen LogP) is 2.30. The molecule has 5 nitrogen and oxygen atoms in total. The molecule has 3 N–H and O–H groups in total. The van der Waals surface area contributed by atoms with Crippen molar-refractivity contribution in [1.29, 1.82) is 0 Å². The molecule has 0 unspecified atom stereocenters. The molecule has 0 saturated heterocycles. The third-order valence-electron chi connectivity index (χ3n) is 2.64. The molecule has 0 aliphatic rings.